The van der Waals surface area contributed by atoms with Crippen molar-refractivity contribution in [3.05, 3.63) is 19.2 Å². The van der Waals surface area contributed by atoms with Crippen LogP contribution in [0, 0.1) is 0 Å². The second-order valence-electron chi connectivity index (χ2n) is 4.33. The van der Waals surface area contributed by atoms with E-state index in [1.807, 2.05) is 13.8 Å². The zero-order valence-electron chi connectivity index (χ0n) is 10.7. The lowest BCUT2D eigenvalue weighted by atomic mass is 10.2. The predicted molar refractivity (Wildman–Crippen MR) is 82.8 cm³/mol. The fraction of sp³-hybridized carbons (Fsp3) is 0.500. The van der Waals surface area contributed by atoms with Crippen molar-refractivity contribution < 1.29 is 14.7 Å². The van der Waals surface area contributed by atoms with Crippen molar-refractivity contribution >= 4 is 55.1 Å². The maximum Gasteiger partial charge on any atom is 0.303 e. The lowest BCUT2D eigenvalue weighted by molar-refractivity contribution is -0.137. The van der Waals surface area contributed by atoms with Crippen LogP contribution in [0.25, 0.3) is 0 Å². The van der Waals surface area contributed by atoms with Gasteiger partial charge in [-0.3, -0.25) is 9.59 Å². The van der Waals surface area contributed by atoms with Gasteiger partial charge in [-0.1, -0.05) is 0 Å². The van der Waals surface area contributed by atoms with Crippen LogP contribution < -0.4 is 0 Å². The molecule has 19 heavy (non-hydrogen) atoms. The lowest BCUT2D eigenvalue weighted by Gasteiger charge is -2.26. The summed E-state index contributed by atoms with van der Waals surface area (Å²) in [6.07, 6.45) is 0.535. The number of nitrogens with zero attached hydrogens (tertiary/aromatic N) is 1. The van der Waals surface area contributed by atoms with Crippen LogP contribution >= 0.6 is 43.2 Å². The summed E-state index contributed by atoms with van der Waals surface area (Å²) in [6.45, 7) is 4.30. The number of rotatable bonds is 6. The van der Waals surface area contributed by atoms with E-state index in [-0.39, 0.29) is 18.4 Å². The minimum Gasteiger partial charge on any atom is -0.481 e. The fourth-order valence-corrected chi connectivity index (χ4v) is 4.41. The van der Waals surface area contributed by atoms with Gasteiger partial charge in [0.1, 0.15) is 0 Å². The average Bonchev–Trinajstić information content (AvgIpc) is 2.62. The number of carbonyl (C=O) groups is 2. The summed E-state index contributed by atoms with van der Waals surface area (Å²) in [5.74, 6) is -0.912. The number of thiophene rings is 1. The van der Waals surface area contributed by atoms with Crippen LogP contribution in [0.2, 0.25) is 0 Å². The monoisotopic (exact) mass is 411 g/mol. The minimum atomic E-state index is -0.837. The van der Waals surface area contributed by atoms with Crippen molar-refractivity contribution in [2.75, 3.05) is 6.54 Å². The standard InChI is InChI=1S/C12H15Br2NO3S/c1-7(2)15(5-3-4-10(16)17)12(18)8-6-9(13)19-11(8)14/h6-7H,3-5H2,1-2H3,(H,16,17). The largest absolute Gasteiger partial charge is 0.481 e. The molecule has 0 fully saturated rings. The first-order valence-electron chi connectivity index (χ1n) is 5.80. The Balaban J connectivity index is 2.78. The summed E-state index contributed by atoms with van der Waals surface area (Å²) in [4.78, 5) is 24.7. The quantitative estimate of drug-likeness (QED) is 0.768. The van der Waals surface area contributed by atoms with Crippen LogP contribution in [-0.4, -0.2) is 34.5 Å². The maximum absolute atomic E-state index is 12.4. The topological polar surface area (TPSA) is 57.6 Å². The number of carbonyl (C=O) groups excluding carboxylic acids is 1. The molecule has 0 saturated carbocycles. The second-order valence-corrected chi connectivity index (χ2v) is 8.08. The van der Waals surface area contributed by atoms with E-state index >= 15 is 0 Å². The van der Waals surface area contributed by atoms with E-state index in [0.717, 1.165) is 7.57 Å². The van der Waals surface area contributed by atoms with Gasteiger partial charge in [-0.15, -0.1) is 11.3 Å². The Hall–Kier alpha value is -0.400. The number of carboxylic acids is 1. The predicted octanol–water partition coefficient (Wildman–Crippen LogP) is 3.99. The number of halogens is 2. The molecule has 106 valence electrons. The molecule has 1 amide bonds. The van der Waals surface area contributed by atoms with Crippen molar-refractivity contribution in [2.24, 2.45) is 0 Å². The molecule has 0 radical (unpaired) electrons. The summed E-state index contributed by atoms with van der Waals surface area (Å²) in [5.41, 5.74) is 0.612. The minimum absolute atomic E-state index is 0.0341. The Bertz CT molecular complexity index is 474. The SMILES string of the molecule is CC(C)N(CCCC(=O)O)C(=O)c1cc(Br)sc1Br. The lowest BCUT2D eigenvalue weighted by Crippen LogP contribution is -2.37. The summed E-state index contributed by atoms with van der Waals surface area (Å²) >= 11 is 8.17. The van der Waals surface area contributed by atoms with Crippen LogP contribution in [0.1, 0.15) is 37.0 Å². The highest BCUT2D eigenvalue weighted by Crippen LogP contribution is 2.32. The highest BCUT2D eigenvalue weighted by molar-refractivity contribution is 9.12. The van der Waals surface area contributed by atoms with Crippen LogP contribution in [0.4, 0.5) is 0 Å². The normalized spacial score (nSPS) is 10.8. The van der Waals surface area contributed by atoms with Crippen LogP contribution in [-0.2, 0) is 4.79 Å². The molecule has 0 saturated heterocycles. The fourth-order valence-electron chi connectivity index (χ4n) is 1.64. The van der Waals surface area contributed by atoms with Gasteiger partial charge in [0.05, 0.1) is 13.1 Å². The smallest absolute Gasteiger partial charge is 0.303 e. The van der Waals surface area contributed by atoms with Gasteiger partial charge in [0.25, 0.3) is 5.91 Å². The third kappa shape index (κ3) is 4.89. The first-order valence-corrected chi connectivity index (χ1v) is 8.20. The van der Waals surface area contributed by atoms with E-state index < -0.39 is 5.97 Å². The molecule has 0 aliphatic rings. The summed E-state index contributed by atoms with van der Waals surface area (Å²) in [6, 6.07) is 1.82. The average molecular weight is 413 g/mol. The van der Waals surface area contributed by atoms with Gasteiger partial charge in [0.2, 0.25) is 0 Å². The van der Waals surface area contributed by atoms with Crippen LogP contribution in [0.3, 0.4) is 0 Å². The van der Waals surface area contributed by atoms with E-state index in [1.54, 1.807) is 11.0 Å². The van der Waals surface area contributed by atoms with E-state index in [2.05, 4.69) is 31.9 Å². The molecule has 1 aromatic heterocycles. The number of carboxylic acid groups (broad SMARTS) is 1. The van der Waals surface area contributed by atoms with Gasteiger partial charge in [-0.25, -0.2) is 0 Å². The zero-order valence-corrected chi connectivity index (χ0v) is 14.6. The molecule has 0 unspecified atom stereocenters. The van der Waals surface area contributed by atoms with Crippen LogP contribution in [0.15, 0.2) is 13.6 Å². The Labute approximate surface area is 133 Å². The van der Waals surface area contributed by atoms with Gasteiger partial charge in [0.15, 0.2) is 0 Å². The third-order valence-corrected chi connectivity index (χ3v) is 4.90. The summed E-state index contributed by atoms with van der Waals surface area (Å²) in [7, 11) is 0. The van der Waals surface area contributed by atoms with Crippen molar-refractivity contribution in [3.63, 3.8) is 0 Å². The first kappa shape index (κ1) is 16.7. The van der Waals surface area contributed by atoms with Crippen molar-refractivity contribution in [2.45, 2.75) is 32.7 Å². The van der Waals surface area contributed by atoms with Crippen molar-refractivity contribution in [1.82, 2.24) is 4.90 Å². The third-order valence-electron chi connectivity index (χ3n) is 2.56. The number of amides is 1. The van der Waals surface area contributed by atoms with E-state index in [1.165, 1.54) is 11.3 Å². The van der Waals surface area contributed by atoms with E-state index in [9.17, 15) is 9.59 Å². The van der Waals surface area contributed by atoms with E-state index in [4.69, 9.17) is 5.11 Å². The maximum atomic E-state index is 12.4. The number of hydrogen-bond acceptors (Lipinski definition) is 3. The molecular weight excluding hydrogens is 398 g/mol. The summed E-state index contributed by atoms with van der Waals surface area (Å²) in [5, 5.41) is 8.65. The first-order chi connectivity index (χ1) is 8.82. The highest BCUT2D eigenvalue weighted by Gasteiger charge is 2.22. The molecule has 0 aliphatic carbocycles. The van der Waals surface area contributed by atoms with Crippen molar-refractivity contribution in [3.8, 4) is 0 Å². The van der Waals surface area contributed by atoms with Gasteiger partial charge in [-0.05, 0) is 58.2 Å². The molecule has 0 aliphatic heterocycles. The zero-order chi connectivity index (χ0) is 14.6. The Morgan fingerprint density at radius 1 is 1.42 bits per heavy atom. The van der Waals surface area contributed by atoms with Gasteiger partial charge >= 0.3 is 5.97 Å². The Morgan fingerprint density at radius 2 is 2.05 bits per heavy atom. The molecule has 1 N–H and O–H groups in total. The summed E-state index contributed by atoms with van der Waals surface area (Å²) < 4.78 is 1.67. The van der Waals surface area contributed by atoms with E-state index in [0.29, 0.717) is 18.5 Å². The molecule has 1 aromatic rings. The highest BCUT2D eigenvalue weighted by atomic mass is 79.9. The molecule has 1 rings (SSSR count). The molecular formula is C12H15Br2NO3S. The molecule has 0 aromatic carbocycles. The Kier molecular flexibility index (Phi) is 6.49. The molecule has 7 heteroatoms. The van der Waals surface area contributed by atoms with Crippen LogP contribution in [0.5, 0.6) is 0 Å². The van der Waals surface area contributed by atoms with Gasteiger partial charge in [-0.2, -0.15) is 0 Å². The van der Waals surface area contributed by atoms with Gasteiger partial charge < -0.3 is 10.0 Å². The van der Waals surface area contributed by atoms with Gasteiger partial charge in [0, 0.05) is 19.0 Å². The molecule has 4 nitrogen and oxygen atoms in total. The molecule has 0 bridgehead atoms. The van der Waals surface area contributed by atoms with Crippen molar-refractivity contribution in [1.29, 1.82) is 0 Å². The number of aliphatic carboxylic acids is 1. The Morgan fingerprint density at radius 3 is 2.47 bits per heavy atom. The molecule has 0 atom stereocenters. The number of hydrogen-bond donors (Lipinski definition) is 1. The molecule has 0 spiro atoms. The molecule has 1 heterocycles. The second kappa shape index (κ2) is 7.40.